The van der Waals surface area contributed by atoms with Gasteiger partial charge in [0, 0.05) is 40.5 Å². The van der Waals surface area contributed by atoms with Crippen LogP contribution in [0.2, 0.25) is 0 Å². The number of H-pyrrole nitrogens is 1. The highest BCUT2D eigenvalue weighted by Gasteiger charge is 2.19. The van der Waals surface area contributed by atoms with E-state index in [1.807, 2.05) is 19.9 Å². The molecule has 3 rings (SSSR count). The molecule has 0 aliphatic carbocycles. The Bertz CT molecular complexity index is 1120. The zero-order valence-corrected chi connectivity index (χ0v) is 17.2. The number of rotatable bonds is 7. The summed E-state index contributed by atoms with van der Waals surface area (Å²) in [4.78, 5) is 39.7. The second kappa shape index (κ2) is 8.47. The third-order valence-corrected chi connectivity index (χ3v) is 5.11. The van der Waals surface area contributed by atoms with Gasteiger partial charge in [-0.1, -0.05) is 32.0 Å². The van der Waals surface area contributed by atoms with Crippen LogP contribution < -0.4 is 5.56 Å². The minimum atomic E-state index is -0.686. The number of aryl methyl sites for hydroxylation is 1. The van der Waals surface area contributed by atoms with Crippen molar-refractivity contribution in [3.05, 3.63) is 69.3 Å². The van der Waals surface area contributed by atoms with Crippen LogP contribution in [0.15, 0.2) is 41.2 Å². The van der Waals surface area contributed by atoms with Gasteiger partial charge in [0.1, 0.15) is 0 Å². The van der Waals surface area contributed by atoms with E-state index < -0.39 is 11.5 Å². The number of esters is 1. The van der Waals surface area contributed by atoms with Gasteiger partial charge in [0.2, 0.25) is 11.3 Å². The van der Waals surface area contributed by atoms with Gasteiger partial charge in [0.25, 0.3) is 0 Å². The Hall–Kier alpha value is -3.15. The van der Waals surface area contributed by atoms with Gasteiger partial charge in [0.15, 0.2) is 6.61 Å². The fraction of sp³-hybridized carbons (Fsp3) is 0.348. The molecule has 6 nitrogen and oxygen atoms in total. The fourth-order valence-electron chi connectivity index (χ4n) is 3.47. The normalized spacial score (nSPS) is 11.2. The predicted molar refractivity (Wildman–Crippen MR) is 113 cm³/mol. The molecule has 0 unspecified atom stereocenters. The topological polar surface area (TPSA) is 81.2 Å². The Morgan fingerprint density at radius 2 is 1.83 bits per heavy atom. The van der Waals surface area contributed by atoms with Crippen LogP contribution in [-0.2, 0) is 11.3 Å². The third kappa shape index (κ3) is 4.47. The lowest BCUT2D eigenvalue weighted by Gasteiger charge is -2.11. The van der Waals surface area contributed by atoms with Gasteiger partial charge in [-0.3, -0.25) is 9.59 Å². The van der Waals surface area contributed by atoms with E-state index in [-0.39, 0.29) is 18.0 Å². The first-order valence-electron chi connectivity index (χ1n) is 9.77. The van der Waals surface area contributed by atoms with Crippen molar-refractivity contribution >= 4 is 22.7 Å². The maximum atomic E-state index is 12.7. The molecule has 0 saturated carbocycles. The Morgan fingerprint density at radius 1 is 1.10 bits per heavy atom. The molecule has 0 bridgehead atoms. The van der Waals surface area contributed by atoms with Crippen LogP contribution in [0.4, 0.5) is 0 Å². The Morgan fingerprint density at radius 3 is 2.55 bits per heavy atom. The number of hydrogen-bond donors (Lipinski definition) is 1. The molecular weight excluding hydrogens is 368 g/mol. The van der Waals surface area contributed by atoms with Crippen molar-refractivity contribution in [3.8, 4) is 0 Å². The molecule has 0 spiro atoms. The van der Waals surface area contributed by atoms with Crippen molar-refractivity contribution in [2.24, 2.45) is 5.92 Å². The smallest absolute Gasteiger partial charge is 0.339 e. The average molecular weight is 394 g/mol. The summed E-state index contributed by atoms with van der Waals surface area (Å²) in [5.74, 6) is -0.370. The summed E-state index contributed by atoms with van der Waals surface area (Å²) in [6.45, 7) is 8.69. The number of hydrogen-bond acceptors (Lipinski definition) is 4. The molecule has 0 amide bonds. The second-order valence-corrected chi connectivity index (χ2v) is 7.71. The summed E-state index contributed by atoms with van der Waals surface area (Å²) >= 11 is 0. The highest BCUT2D eigenvalue weighted by molar-refractivity contribution is 6.05. The number of pyridine rings is 1. The van der Waals surface area contributed by atoms with Gasteiger partial charge in [0.05, 0.1) is 5.56 Å². The number of fused-ring (bicyclic) bond motifs is 1. The quantitative estimate of drug-likeness (QED) is 0.484. The molecule has 1 aromatic carbocycles. The van der Waals surface area contributed by atoms with Crippen molar-refractivity contribution in [2.45, 2.75) is 40.7 Å². The molecule has 0 atom stereocenters. The van der Waals surface area contributed by atoms with Crippen LogP contribution in [0.1, 0.15) is 52.4 Å². The first-order chi connectivity index (χ1) is 13.8. The van der Waals surface area contributed by atoms with Gasteiger partial charge in [-0.2, -0.15) is 0 Å². The van der Waals surface area contributed by atoms with Crippen LogP contribution in [0.5, 0.6) is 0 Å². The molecular formula is C23H26N2O4. The Kier molecular flexibility index (Phi) is 6.01. The number of ether oxygens (including phenoxy) is 1. The van der Waals surface area contributed by atoms with Crippen molar-refractivity contribution in [1.29, 1.82) is 0 Å². The molecule has 2 heterocycles. The van der Waals surface area contributed by atoms with Gasteiger partial charge in [-0.15, -0.1) is 0 Å². The molecule has 0 aliphatic heterocycles. The third-order valence-electron chi connectivity index (χ3n) is 5.11. The maximum Gasteiger partial charge on any atom is 0.339 e. The molecule has 29 heavy (non-hydrogen) atoms. The number of Topliss-reactive ketones (excluding diaryl/α,β-unsaturated/α-hetero) is 1. The lowest BCUT2D eigenvalue weighted by Crippen LogP contribution is -2.17. The number of carbonyl (C=O) groups excluding carboxylic acids is 2. The van der Waals surface area contributed by atoms with Gasteiger partial charge >= 0.3 is 5.97 Å². The minimum absolute atomic E-state index is 0.152. The zero-order valence-electron chi connectivity index (χ0n) is 17.2. The second-order valence-electron chi connectivity index (χ2n) is 7.71. The van der Waals surface area contributed by atoms with Crippen molar-refractivity contribution < 1.29 is 14.3 Å². The van der Waals surface area contributed by atoms with Crippen LogP contribution >= 0.6 is 0 Å². The standard InChI is InChI=1S/C23H26N2O4/c1-14(2)9-10-25-15(3)11-18(16(25)4)21(26)13-29-23(28)19-12-22(27)24-20-8-6-5-7-17(19)20/h5-8,11-12,14H,9-10,13H2,1-4H3,(H,24,27). The molecule has 1 N–H and O–H groups in total. The monoisotopic (exact) mass is 394 g/mol. The largest absolute Gasteiger partial charge is 0.454 e. The average Bonchev–Trinajstić information content (AvgIpc) is 2.97. The van der Waals surface area contributed by atoms with Crippen LogP contribution in [0.3, 0.4) is 0 Å². The first-order valence-corrected chi connectivity index (χ1v) is 9.77. The summed E-state index contributed by atoms with van der Waals surface area (Å²) in [6, 6.07) is 10.0. The molecule has 6 heteroatoms. The van der Waals surface area contributed by atoms with Crippen LogP contribution in [-0.4, -0.2) is 27.9 Å². The lowest BCUT2D eigenvalue weighted by atomic mass is 10.1. The minimum Gasteiger partial charge on any atom is -0.454 e. The van der Waals surface area contributed by atoms with Crippen LogP contribution in [0, 0.1) is 19.8 Å². The van der Waals surface area contributed by atoms with Gasteiger partial charge < -0.3 is 14.3 Å². The summed E-state index contributed by atoms with van der Waals surface area (Å²) in [5.41, 5.74) is 2.77. The van der Waals surface area contributed by atoms with E-state index in [0.717, 1.165) is 24.4 Å². The number of ketones is 1. The summed E-state index contributed by atoms with van der Waals surface area (Å²) < 4.78 is 7.38. The Labute approximate surface area is 169 Å². The number of para-hydroxylation sites is 1. The number of carbonyl (C=O) groups is 2. The molecule has 0 saturated heterocycles. The number of nitrogens with zero attached hydrogens (tertiary/aromatic N) is 1. The fourth-order valence-corrected chi connectivity index (χ4v) is 3.47. The molecule has 2 aromatic heterocycles. The van der Waals surface area contributed by atoms with E-state index in [9.17, 15) is 14.4 Å². The van der Waals surface area contributed by atoms with Gasteiger partial charge in [-0.25, -0.2) is 4.79 Å². The summed E-state index contributed by atoms with van der Waals surface area (Å²) in [7, 11) is 0. The van der Waals surface area contributed by atoms with Crippen molar-refractivity contribution in [2.75, 3.05) is 6.61 Å². The molecule has 0 radical (unpaired) electrons. The van der Waals surface area contributed by atoms with Crippen LogP contribution in [0.25, 0.3) is 10.9 Å². The SMILES string of the molecule is Cc1cc(C(=O)COC(=O)c2cc(=O)[nH]c3ccccc23)c(C)n1CCC(C)C. The van der Waals surface area contributed by atoms with E-state index in [1.165, 1.54) is 6.07 Å². The number of aromatic amines is 1. The number of benzene rings is 1. The van der Waals surface area contributed by atoms with Gasteiger partial charge in [-0.05, 0) is 38.3 Å². The zero-order chi connectivity index (χ0) is 21.1. The lowest BCUT2D eigenvalue weighted by molar-refractivity contribution is 0.0476. The Balaban J connectivity index is 1.76. The first kappa shape index (κ1) is 20.6. The molecule has 0 fully saturated rings. The van der Waals surface area contributed by atoms with Crippen molar-refractivity contribution in [3.63, 3.8) is 0 Å². The van der Waals surface area contributed by atoms with E-state index in [4.69, 9.17) is 4.74 Å². The van der Waals surface area contributed by atoms with E-state index in [2.05, 4.69) is 23.4 Å². The van der Waals surface area contributed by atoms with E-state index in [0.29, 0.717) is 22.4 Å². The number of aromatic nitrogens is 2. The van der Waals surface area contributed by atoms with E-state index in [1.54, 1.807) is 24.3 Å². The summed E-state index contributed by atoms with van der Waals surface area (Å²) in [6.07, 6.45) is 1.02. The highest BCUT2D eigenvalue weighted by Crippen LogP contribution is 2.19. The predicted octanol–water partition coefficient (Wildman–Crippen LogP) is 4.03. The molecule has 152 valence electrons. The number of nitrogens with one attached hydrogen (secondary N) is 1. The molecule has 0 aliphatic rings. The summed E-state index contributed by atoms with van der Waals surface area (Å²) in [5, 5.41) is 0.580. The highest BCUT2D eigenvalue weighted by atomic mass is 16.5. The maximum absolute atomic E-state index is 12.7. The van der Waals surface area contributed by atoms with E-state index >= 15 is 0 Å². The van der Waals surface area contributed by atoms with Crippen molar-refractivity contribution in [1.82, 2.24) is 9.55 Å². The molecule has 3 aromatic rings.